The van der Waals surface area contributed by atoms with Crippen LogP contribution >= 0.6 is 22.9 Å². The van der Waals surface area contributed by atoms with Crippen molar-refractivity contribution in [1.29, 1.82) is 0 Å². The summed E-state index contributed by atoms with van der Waals surface area (Å²) in [6.07, 6.45) is 4.46. The molecule has 0 saturated carbocycles. The number of nitrogens with zero attached hydrogens (tertiary/aromatic N) is 3. The van der Waals surface area contributed by atoms with E-state index in [-0.39, 0.29) is 5.91 Å². The van der Waals surface area contributed by atoms with Crippen LogP contribution in [0.2, 0.25) is 5.02 Å². The van der Waals surface area contributed by atoms with E-state index in [1.54, 1.807) is 0 Å². The van der Waals surface area contributed by atoms with Crippen LogP contribution in [0.25, 0.3) is 16.8 Å². The van der Waals surface area contributed by atoms with Gasteiger partial charge in [-0.15, -0.1) is 11.3 Å². The van der Waals surface area contributed by atoms with E-state index in [1.807, 2.05) is 65.4 Å². The number of hydrogen-bond donors (Lipinski definition) is 2. The third-order valence-corrected chi connectivity index (χ3v) is 8.66. The van der Waals surface area contributed by atoms with Crippen LogP contribution in [0.3, 0.4) is 0 Å². The normalized spacial score (nSPS) is 17.5. The van der Waals surface area contributed by atoms with Crippen molar-refractivity contribution in [2.75, 3.05) is 31.1 Å². The number of carbonyl (C=O) groups is 1. The van der Waals surface area contributed by atoms with Crippen LogP contribution in [0, 0.1) is 0 Å². The number of allylic oxidation sites excluding steroid dienone is 2. The fourth-order valence-corrected chi connectivity index (χ4v) is 6.42. The standard InChI is InChI=1S/C33H37ClN4O2S/c1-5-22-8-7-9-23(6-2)30(22)38-29(18-21(3)4)26(32(39)37-16-14-35-15-17-37)19-27(33(38)40)31-36-28(20-41-31)24-10-12-25(34)13-11-24/h7-13,18-20,33,35,40H,5-6,14-17H2,1-4H3. The molecular formula is C33H37ClN4O2S. The molecular weight excluding hydrogens is 552 g/mol. The van der Waals surface area contributed by atoms with Gasteiger partial charge in [-0.2, -0.15) is 0 Å². The first-order chi connectivity index (χ1) is 19.8. The van der Waals surface area contributed by atoms with E-state index in [1.165, 1.54) is 11.3 Å². The summed E-state index contributed by atoms with van der Waals surface area (Å²) in [5.41, 5.74) is 7.92. The molecule has 5 rings (SSSR count). The van der Waals surface area contributed by atoms with Crippen molar-refractivity contribution in [3.8, 4) is 11.3 Å². The quantitative estimate of drug-likeness (QED) is 0.331. The van der Waals surface area contributed by atoms with Crippen molar-refractivity contribution in [2.24, 2.45) is 0 Å². The molecule has 1 aromatic heterocycles. The molecule has 0 spiro atoms. The summed E-state index contributed by atoms with van der Waals surface area (Å²) in [6, 6.07) is 13.9. The number of benzene rings is 2. The molecule has 8 heteroatoms. The minimum absolute atomic E-state index is 0.0325. The molecule has 3 heterocycles. The summed E-state index contributed by atoms with van der Waals surface area (Å²) >= 11 is 7.58. The molecule has 1 atom stereocenters. The molecule has 1 unspecified atom stereocenters. The van der Waals surface area contributed by atoms with Gasteiger partial charge in [0.15, 0.2) is 6.23 Å². The molecule has 2 aliphatic rings. The maximum Gasteiger partial charge on any atom is 0.256 e. The molecule has 1 fully saturated rings. The molecule has 2 aromatic carbocycles. The van der Waals surface area contributed by atoms with Gasteiger partial charge in [0.2, 0.25) is 0 Å². The minimum atomic E-state index is -1.03. The summed E-state index contributed by atoms with van der Waals surface area (Å²) in [5, 5.41) is 18.9. The molecule has 1 amide bonds. The highest BCUT2D eigenvalue weighted by atomic mass is 35.5. The van der Waals surface area contributed by atoms with Gasteiger partial charge in [0.25, 0.3) is 5.91 Å². The Labute approximate surface area is 251 Å². The van der Waals surface area contributed by atoms with E-state index in [0.29, 0.717) is 34.3 Å². The Morgan fingerprint density at radius 2 is 1.76 bits per heavy atom. The van der Waals surface area contributed by atoms with Gasteiger partial charge in [-0.1, -0.05) is 61.4 Å². The number of carbonyl (C=O) groups excluding carboxylic acids is 1. The number of hydrogen-bond acceptors (Lipinski definition) is 6. The van der Waals surface area contributed by atoms with Gasteiger partial charge in [0, 0.05) is 47.7 Å². The van der Waals surface area contributed by atoms with Crippen LogP contribution in [-0.4, -0.2) is 53.3 Å². The maximum atomic E-state index is 14.2. The summed E-state index contributed by atoms with van der Waals surface area (Å²) in [5.74, 6) is -0.0325. The zero-order valence-electron chi connectivity index (χ0n) is 24.1. The van der Waals surface area contributed by atoms with Crippen molar-refractivity contribution in [3.05, 3.63) is 98.0 Å². The predicted octanol–water partition coefficient (Wildman–Crippen LogP) is 6.46. The van der Waals surface area contributed by atoms with Crippen molar-refractivity contribution >= 4 is 40.1 Å². The molecule has 2 N–H and O–H groups in total. The Morgan fingerprint density at radius 3 is 2.37 bits per heavy atom. The van der Waals surface area contributed by atoms with Crippen molar-refractivity contribution in [1.82, 2.24) is 15.2 Å². The lowest BCUT2D eigenvalue weighted by atomic mass is 9.94. The minimum Gasteiger partial charge on any atom is -0.369 e. The highest BCUT2D eigenvalue weighted by Gasteiger charge is 2.36. The second-order valence-corrected chi connectivity index (χ2v) is 11.9. The Hall–Kier alpha value is -3.23. The predicted molar refractivity (Wildman–Crippen MR) is 170 cm³/mol. The molecule has 1 saturated heterocycles. The van der Waals surface area contributed by atoms with Crippen molar-refractivity contribution in [3.63, 3.8) is 0 Å². The first-order valence-electron chi connectivity index (χ1n) is 14.2. The number of rotatable bonds is 7. The fourth-order valence-electron chi connectivity index (χ4n) is 5.43. The number of para-hydroxylation sites is 1. The highest BCUT2D eigenvalue weighted by molar-refractivity contribution is 7.11. The summed E-state index contributed by atoms with van der Waals surface area (Å²) < 4.78 is 0. The van der Waals surface area contributed by atoms with E-state index in [0.717, 1.165) is 65.3 Å². The van der Waals surface area contributed by atoms with Crippen LogP contribution in [0.5, 0.6) is 0 Å². The first-order valence-corrected chi connectivity index (χ1v) is 15.5. The number of halogens is 1. The van der Waals surface area contributed by atoms with E-state index >= 15 is 0 Å². The van der Waals surface area contributed by atoms with Crippen LogP contribution in [-0.2, 0) is 17.6 Å². The number of nitrogens with one attached hydrogen (secondary N) is 1. The third-order valence-electron chi connectivity index (χ3n) is 7.52. The second-order valence-electron chi connectivity index (χ2n) is 10.6. The zero-order valence-corrected chi connectivity index (χ0v) is 25.6. The molecule has 0 aliphatic carbocycles. The van der Waals surface area contributed by atoms with E-state index < -0.39 is 6.23 Å². The number of aliphatic hydroxyl groups excluding tert-OH is 1. The van der Waals surface area contributed by atoms with E-state index in [2.05, 4.69) is 37.4 Å². The van der Waals surface area contributed by atoms with Gasteiger partial charge in [0.05, 0.1) is 22.7 Å². The largest absolute Gasteiger partial charge is 0.369 e. The monoisotopic (exact) mass is 588 g/mol. The maximum absolute atomic E-state index is 14.2. The van der Waals surface area contributed by atoms with Crippen LogP contribution in [0.1, 0.15) is 43.8 Å². The Morgan fingerprint density at radius 1 is 1.10 bits per heavy atom. The Bertz CT molecular complexity index is 1490. The lowest BCUT2D eigenvalue weighted by Crippen LogP contribution is -2.48. The van der Waals surface area contributed by atoms with Gasteiger partial charge in [0.1, 0.15) is 5.01 Å². The van der Waals surface area contributed by atoms with Crippen LogP contribution in [0.15, 0.2) is 76.8 Å². The zero-order chi connectivity index (χ0) is 29.1. The van der Waals surface area contributed by atoms with Crippen molar-refractivity contribution < 1.29 is 9.90 Å². The van der Waals surface area contributed by atoms with Gasteiger partial charge in [-0.3, -0.25) is 4.79 Å². The Kier molecular flexibility index (Phi) is 9.09. The van der Waals surface area contributed by atoms with Gasteiger partial charge < -0.3 is 20.2 Å². The molecule has 0 radical (unpaired) electrons. The van der Waals surface area contributed by atoms with E-state index in [4.69, 9.17) is 16.6 Å². The number of piperazine rings is 1. The van der Waals surface area contributed by atoms with Crippen molar-refractivity contribution in [2.45, 2.75) is 46.8 Å². The summed E-state index contributed by atoms with van der Waals surface area (Å²) in [7, 11) is 0. The molecule has 214 valence electrons. The summed E-state index contributed by atoms with van der Waals surface area (Å²) in [6.45, 7) is 11.1. The SMILES string of the molecule is CCc1cccc(CC)c1N1C(C=C(C)C)=C(C(=O)N2CCNCC2)C=C(c2nc(-c3ccc(Cl)cc3)cs2)C1O. The molecule has 3 aromatic rings. The number of anilines is 1. The van der Waals surface area contributed by atoms with Crippen LogP contribution in [0.4, 0.5) is 5.69 Å². The third kappa shape index (κ3) is 6.04. The number of aliphatic hydroxyl groups is 1. The fraction of sp³-hybridized carbons (Fsp3) is 0.333. The molecule has 2 aliphatic heterocycles. The Balaban J connectivity index is 1.72. The highest BCUT2D eigenvalue weighted by Crippen LogP contribution is 2.41. The molecule has 41 heavy (non-hydrogen) atoms. The average Bonchev–Trinajstić information content (AvgIpc) is 3.47. The summed E-state index contributed by atoms with van der Waals surface area (Å²) in [4.78, 5) is 23.0. The lowest BCUT2D eigenvalue weighted by molar-refractivity contribution is -0.127. The van der Waals surface area contributed by atoms with Gasteiger partial charge >= 0.3 is 0 Å². The average molecular weight is 589 g/mol. The number of aryl methyl sites for hydroxylation is 2. The smallest absolute Gasteiger partial charge is 0.256 e. The topological polar surface area (TPSA) is 68.7 Å². The van der Waals surface area contributed by atoms with Crippen LogP contribution < -0.4 is 10.2 Å². The van der Waals surface area contributed by atoms with Gasteiger partial charge in [-0.25, -0.2) is 4.98 Å². The number of amides is 1. The first kappa shape index (κ1) is 29.3. The van der Waals surface area contributed by atoms with Gasteiger partial charge in [-0.05, 0) is 62.1 Å². The molecule has 0 bridgehead atoms. The number of aromatic nitrogens is 1. The van der Waals surface area contributed by atoms with E-state index in [9.17, 15) is 9.90 Å². The molecule has 6 nitrogen and oxygen atoms in total. The second kappa shape index (κ2) is 12.7. The number of thiazole rings is 1. The lowest BCUT2D eigenvalue weighted by Gasteiger charge is -2.39.